The Hall–Kier alpha value is -2.83. The molecule has 1 aliphatic carbocycles. The van der Waals surface area contributed by atoms with Gasteiger partial charge in [-0.1, -0.05) is 0 Å². The number of fused-ring (bicyclic) bond motifs is 2. The van der Waals surface area contributed by atoms with Crippen LogP contribution in [0.3, 0.4) is 0 Å². The fourth-order valence-electron chi connectivity index (χ4n) is 4.29. The SMILES string of the molecule is CCOC(=O)c1ccc2c(c1)CCN2CCC1CCc2nc(N)nc(N)c21. The molecule has 1 aromatic carbocycles. The first-order chi connectivity index (χ1) is 13.1. The van der Waals surface area contributed by atoms with Crippen LogP contribution in [0.5, 0.6) is 0 Å². The molecule has 7 heteroatoms. The summed E-state index contributed by atoms with van der Waals surface area (Å²) in [7, 11) is 0. The molecule has 2 heterocycles. The molecule has 0 spiro atoms. The normalized spacial score (nSPS) is 17.7. The number of nitrogens with zero attached hydrogens (tertiary/aromatic N) is 3. The van der Waals surface area contributed by atoms with Gasteiger partial charge in [-0.05, 0) is 62.3 Å². The lowest BCUT2D eigenvalue weighted by atomic mass is 9.99. The Kier molecular flexibility index (Phi) is 4.59. The summed E-state index contributed by atoms with van der Waals surface area (Å²) in [6, 6.07) is 5.86. The van der Waals surface area contributed by atoms with Crippen LogP contribution in [0, 0.1) is 0 Å². The Labute approximate surface area is 158 Å². The molecule has 0 amide bonds. The molecule has 0 saturated heterocycles. The van der Waals surface area contributed by atoms with Crippen molar-refractivity contribution in [2.75, 3.05) is 36.1 Å². The number of aromatic nitrogens is 2. The quantitative estimate of drug-likeness (QED) is 0.781. The van der Waals surface area contributed by atoms with E-state index in [1.54, 1.807) is 0 Å². The van der Waals surface area contributed by atoms with Crippen LogP contribution in [0.15, 0.2) is 18.2 Å². The van der Waals surface area contributed by atoms with E-state index in [4.69, 9.17) is 16.2 Å². The van der Waals surface area contributed by atoms with E-state index in [0.29, 0.717) is 23.9 Å². The molecule has 27 heavy (non-hydrogen) atoms. The lowest BCUT2D eigenvalue weighted by Crippen LogP contribution is -2.23. The van der Waals surface area contributed by atoms with Crippen LogP contribution in [-0.2, 0) is 17.6 Å². The minimum absolute atomic E-state index is 0.254. The highest BCUT2D eigenvalue weighted by molar-refractivity contribution is 5.90. The summed E-state index contributed by atoms with van der Waals surface area (Å²) in [6.07, 6.45) is 3.91. The largest absolute Gasteiger partial charge is 0.462 e. The van der Waals surface area contributed by atoms with E-state index in [1.165, 1.54) is 11.3 Å². The number of aryl methyl sites for hydroxylation is 1. The molecule has 0 fully saturated rings. The average molecular weight is 367 g/mol. The second kappa shape index (κ2) is 7.06. The smallest absolute Gasteiger partial charge is 0.338 e. The van der Waals surface area contributed by atoms with Gasteiger partial charge in [-0.3, -0.25) is 0 Å². The predicted molar refractivity (Wildman–Crippen MR) is 105 cm³/mol. The van der Waals surface area contributed by atoms with Gasteiger partial charge in [-0.2, -0.15) is 4.98 Å². The van der Waals surface area contributed by atoms with E-state index >= 15 is 0 Å². The molecule has 2 aliphatic rings. The van der Waals surface area contributed by atoms with Crippen molar-refractivity contribution in [2.24, 2.45) is 0 Å². The fraction of sp³-hybridized carbons (Fsp3) is 0.450. The summed E-state index contributed by atoms with van der Waals surface area (Å²) in [5.74, 6) is 0.915. The molecule has 0 radical (unpaired) electrons. The molecule has 4 rings (SSSR count). The molecule has 142 valence electrons. The lowest BCUT2D eigenvalue weighted by Gasteiger charge is -2.22. The molecular weight excluding hydrogens is 342 g/mol. The van der Waals surface area contributed by atoms with Gasteiger partial charge >= 0.3 is 5.97 Å². The van der Waals surface area contributed by atoms with E-state index in [-0.39, 0.29) is 11.9 Å². The van der Waals surface area contributed by atoms with Crippen LogP contribution in [-0.4, -0.2) is 35.6 Å². The number of nitrogens with two attached hydrogens (primary N) is 2. The number of rotatable bonds is 5. The standard InChI is InChI=1S/C20H25N5O2/c1-2-27-19(26)14-4-6-16-13(11-14)8-10-25(16)9-7-12-3-5-15-17(12)18(21)24-20(22)23-15/h4,6,11-12H,2-3,5,7-10H2,1H3,(H4,21,22,23,24). The van der Waals surface area contributed by atoms with E-state index in [1.807, 2.05) is 25.1 Å². The van der Waals surface area contributed by atoms with E-state index < -0.39 is 0 Å². The number of hydrogen-bond acceptors (Lipinski definition) is 7. The van der Waals surface area contributed by atoms with Crippen molar-refractivity contribution < 1.29 is 9.53 Å². The molecule has 7 nitrogen and oxygen atoms in total. The van der Waals surface area contributed by atoms with Crippen LogP contribution in [0.2, 0.25) is 0 Å². The first-order valence-electron chi connectivity index (χ1n) is 9.53. The zero-order valence-electron chi connectivity index (χ0n) is 15.6. The van der Waals surface area contributed by atoms with Crippen LogP contribution in [0.1, 0.15) is 52.9 Å². The second-order valence-electron chi connectivity index (χ2n) is 7.15. The zero-order valence-corrected chi connectivity index (χ0v) is 15.6. The van der Waals surface area contributed by atoms with Gasteiger partial charge in [0.2, 0.25) is 5.95 Å². The summed E-state index contributed by atoms with van der Waals surface area (Å²) >= 11 is 0. The summed E-state index contributed by atoms with van der Waals surface area (Å²) in [6.45, 7) is 4.12. The minimum Gasteiger partial charge on any atom is -0.462 e. The summed E-state index contributed by atoms with van der Waals surface area (Å²) in [5, 5.41) is 0. The van der Waals surface area contributed by atoms with Gasteiger partial charge < -0.3 is 21.1 Å². The minimum atomic E-state index is -0.254. The Morgan fingerprint density at radius 3 is 2.96 bits per heavy atom. The number of nitrogen functional groups attached to an aromatic ring is 2. The van der Waals surface area contributed by atoms with Crippen molar-refractivity contribution in [1.82, 2.24) is 9.97 Å². The summed E-state index contributed by atoms with van der Waals surface area (Å²) < 4.78 is 5.10. The van der Waals surface area contributed by atoms with Crippen molar-refractivity contribution >= 4 is 23.4 Å². The van der Waals surface area contributed by atoms with Gasteiger partial charge in [0, 0.05) is 24.3 Å². The number of hydrogen-bond donors (Lipinski definition) is 2. The second-order valence-corrected chi connectivity index (χ2v) is 7.15. The van der Waals surface area contributed by atoms with Crippen molar-refractivity contribution in [1.29, 1.82) is 0 Å². The Balaban J connectivity index is 1.45. The van der Waals surface area contributed by atoms with E-state index in [9.17, 15) is 4.79 Å². The Morgan fingerprint density at radius 1 is 1.30 bits per heavy atom. The molecular formula is C20H25N5O2. The third-order valence-corrected chi connectivity index (χ3v) is 5.54. The van der Waals surface area contributed by atoms with Gasteiger partial charge in [0.05, 0.1) is 17.9 Å². The van der Waals surface area contributed by atoms with Crippen LogP contribution in [0.25, 0.3) is 0 Å². The molecule has 1 aromatic heterocycles. The fourth-order valence-corrected chi connectivity index (χ4v) is 4.29. The number of carbonyl (C=O) groups is 1. The van der Waals surface area contributed by atoms with E-state index in [0.717, 1.165) is 50.0 Å². The topological polar surface area (TPSA) is 107 Å². The molecule has 1 unspecified atom stereocenters. The third kappa shape index (κ3) is 3.29. The molecule has 2 aromatic rings. The van der Waals surface area contributed by atoms with Gasteiger partial charge in [0.25, 0.3) is 0 Å². The van der Waals surface area contributed by atoms with Gasteiger partial charge in [0.1, 0.15) is 5.82 Å². The van der Waals surface area contributed by atoms with Gasteiger partial charge in [0.15, 0.2) is 0 Å². The first kappa shape index (κ1) is 17.6. The maximum atomic E-state index is 11.9. The van der Waals surface area contributed by atoms with Crippen molar-refractivity contribution in [2.45, 2.75) is 38.5 Å². The zero-order chi connectivity index (χ0) is 19.0. The van der Waals surface area contributed by atoms with E-state index in [2.05, 4.69) is 14.9 Å². The maximum Gasteiger partial charge on any atom is 0.338 e. The molecule has 4 N–H and O–H groups in total. The number of anilines is 3. The van der Waals surface area contributed by atoms with Gasteiger partial charge in [-0.25, -0.2) is 9.78 Å². The summed E-state index contributed by atoms with van der Waals surface area (Å²) in [4.78, 5) is 22.8. The third-order valence-electron chi connectivity index (χ3n) is 5.54. The highest BCUT2D eigenvalue weighted by Gasteiger charge is 2.29. The molecule has 0 bridgehead atoms. The van der Waals surface area contributed by atoms with Crippen LogP contribution in [0.4, 0.5) is 17.5 Å². The number of esters is 1. The highest BCUT2D eigenvalue weighted by Crippen LogP contribution is 2.39. The highest BCUT2D eigenvalue weighted by atomic mass is 16.5. The molecule has 1 atom stereocenters. The van der Waals surface area contributed by atoms with Crippen LogP contribution >= 0.6 is 0 Å². The van der Waals surface area contributed by atoms with Crippen molar-refractivity contribution in [3.8, 4) is 0 Å². The molecule has 1 aliphatic heterocycles. The molecule has 0 saturated carbocycles. The number of ether oxygens (including phenoxy) is 1. The Morgan fingerprint density at radius 2 is 2.15 bits per heavy atom. The van der Waals surface area contributed by atoms with Crippen molar-refractivity contribution in [3.05, 3.63) is 40.6 Å². The van der Waals surface area contributed by atoms with Crippen molar-refractivity contribution in [3.63, 3.8) is 0 Å². The average Bonchev–Trinajstić information content (AvgIpc) is 3.23. The lowest BCUT2D eigenvalue weighted by molar-refractivity contribution is 0.0526. The van der Waals surface area contributed by atoms with Gasteiger partial charge in [-0.15, -0.1) is 0 Å². The first-order valence-corrected chi connectivity index (χ1v) is 9.53. The predicted octanol–water partition coefficient (Wildman–Crippen LogP) is 2.30. The summed E-state index contributed by atoms with van der Waals surface area (Å²) in [5.41, 5.74) is 17.0. The number of benzene rings is 1. The Bertz CT molecular complexity index is 883. The maximum absolute atomic E-state index is 11.9. The van der Waals surface area contributed by atoms with Crippen LogP contribution < -0.4 is 16.4 Å². The number of carbonyl (C=O) groups excluding carboxylic acids is 1. The monoisotopic (exact) mass is 367 g/mol.